The lowest BCUT2D eigenvalue weighted by Gasteiger charge is -2.37. The highest BCUT2D eigenvalue weighted by atomic mass is 16.3. The van der Waals surface area contributed by atoms with Gasteiger partial charge in [-0.25, -0.2) is 0 Å². The molecule has 0 radical (unpaired) electrons. The van der Waals surface area contributed by atoms with Crippen molar-refractivity contribution in [1.82, 2.24) is 0 Å². The number of para-hydroxylation sites is 1. The van der Waals surface area contributed by atoms with Gasteiger partial charge < -0.3 is 10.0 Å². The van der Waals surface area contributed by atoms with Crippen LogP contribution in [-0.2, 0) is 0 Å². The van der Waals surface area contributed by atoms with Crippen LogP contribution in [0, 0.1) is 5.92 Å². The maximum Gasteiger partial charge on any atom is 0.0781 e. The van der Waals surface area contributed by atoms with E-state index in [1.54, 1.807) is 0 Å². The molecule has 0 saturated heterocycles. The molecule has 0 aliphatic heterocycles. The maximum atomic E-state index is 9.91. The number of aliphatic hydroxyl groups excluding tert-OH is 1. The molecule has 0 aromatic heterocycles. The van der Waals surface area contributed by atoms with Crippen LogP contribution in [0.1, 0.15) is 57.6 Å². The standard InChI is InChI=1S/C17H27NO/c1-4-14-9-11-15(12-10-14)18(3)17-8-6-5-7-16(17)13(2)19/h5-8,13-15,19H,4,9-12H2,1-3H3. The second-order valence-corrected chi connectivity index (χ2v) is 5.93. The Morgan fingerprint density at radius 1 is 1.21 bits per heavy atom. The number of aliphatic hydroxyl groups is 1. The van der Waals surface area contributed by atoms with Gasteiger partial charge >= 0.3 is 0 Å². The van der Waals surface area contributed by atoms with Crippen molar-refractivity contribution in [3.8, 4) is 0 Å². The van der Waals surface area contributed by atoms with E-state index in [2.05, 4.69) is 31.0 Å². The Morgan fingerprint density at radius 3 is 2.42 bits per heavy atom. The van der Waals surface area contributed by atoms with E-state index in [1.165, 1.54) is 37.8 Å². The fourth-order valence-corrected chi connectivity index (χ4v) is 3.30. The molecule has 0 spiro atoms. The Kier molecular flexibility index (Phi) is 4.87. The van der Waals surface area contributed by atoms with Gasteiger partial charge in [-0.1, -0.05) is 31.5 Å². The normalized spacial score (nSPS) is 25.1. The summed E-state index contributed by atoms with van der Waals surface area (Å²) >= 11 is 0. The Morgan fingerprint density at radius 2 is 1.84 bits per heavy atom. The molecular weight excluding hydrogens is 234 g/mol. The van der Waals surface area contributed by atoms with Crippen LogP contribution in [0.2, 0.25) is 0 Å². The first kappa shape index (κ1) is 14.4. The monoisotopic (exact) mass is 261 g/mol. The Bertz CT molecular complexity index is 394. The van der Waals surface area contributed by atoms with E-state index in [4.69, 9.17) is 0 Å². The van der Waals surface area contributed by atoms with Crippen LogP contribution >= 0.6 is 0 Å². The molecule has 19 heavy (non-hydrogen) atoms. The van der Waals surface area contributed by atoms with Crippen molar-refractivity contribution < 1.29 is 5.11 Å². The summed E-state index contributed by atoms with van der Waals surface area (Å²) < 4.78 is 0. The smallest absolute Gasteiger partial charge is 0.0781 e. The largest absolute Gasteiger partial charge is 0.389 e. The molecule has 1 N–H and O–H groups in total. The van der Waals surface area contributed by atoms with Crippen LogP contribution in [-0.4, -0.2) is 18.2 Å². The van der Waals surface area contributed by atoms with Crippen molar-refractivity contribution in [3.05, 3.63) is 29.8 Å². The van der Waals surface area contributed by atoms with Gasteiger partial charge in [0.25, 0.3) is 0 Å². The topological polar surface area (TPSA) is 23.5 Å². The highest BCUT2D eigenvalue weighted by Gasteiger charge is 2.24. The van der Waals surface area contributed by atoms with Gasteiger partial charge in [-0.15, -0.1) is 0 Å². The fraction of sp³-hybridized carbons (Fsp3) is 0.647. The van der Waals surface area contributed by atoms with Crippen LogP contribution < -0.4 is 4.90 Å². The molecule has 1 aromatic rings. The SMILES string of the molecule is CCC1CCC(N(C)c2ccccc2C(C)O)CC1. The summed E-state index contributed by atoms with van der Waals surface area (Å²) in [5.41, 5.74) is 2.24. The molecule has 1 saturated carbocycles. The van der Waals surface area contributed by atoms with E-state index in [-0.39, 0.29) is 0 Å². The van der Waals surface area contributed by atoms with Crippen molar-refractivity contribution in [3.63, 3.8) is 0 Å². The van der Waals surface area contributed by atoms with Gasteiger partial charge in [-0.2, -0.15) is 0 Å². The third kappa shape index (κ3) is 3.30. The average Bonchev–Trinajstić information content (AvgIpc) is 2.46. The van der Waals surface area contributed by atoms with Gasteiger partial charge in [0.15, 0.2) is 0 Å². The minimum absolute atomic E-state index is 0.398. The van der Waals surface area contributed by atoms with Crippen LogP contribution in [0.25, 0.3) is 0 Å². The molecule has 0 bridgehead atoms. The molecule has 1 aromatic carbocycles. The number of nitrogens with zero attached hydrogens (tertiary/aromatic N) is 1. The number of anilines is 1. The Hall–Kier alpha value is -1.02. The highest BCUT2D eigenvalue weighted by Crippen LogP contribution is 2.33. The summed E-state index contributed by atoms with van der Waals surface area (Å²) in [7, 11) is 2.18. The van der Waals surface area contributed by atoms with E-state index < -0.39 is 6.10 Å². The molecule has 1 aliphatic carbocycles. The summed E-state index contributed by atoms with van der Waals surface area (Å²) in [6.07, 6.45) is 6.18. The lowest BCUT2D eigenvalue weighted by atomic mass is 9.84. The van der Waals surface area contributed by atoms with Crippen molar-refractivity contribution in [2.24, 2.45) is 5.92 Å². The summed E-state index contributed by atoms with van der Waals surface area (Å²) in [5, 5.41) is 9.91. The summed E-state index contributed by atoms with van der Waals surface area (Å²) in [4.78, 5) is 2.38. The number of benzene rings is 1. The number of rotatable bonds is 4. The zero-order valence-electron chi connectivity index (χ0n) is 12.5. The third-order valence-corrected chi connectivity index (χ3v) is 4.71. The molecule has 1 unspecified atom stereocenters. The molecule has 106 valence electrons. The minimum Gasteiger partial charge on any atom is -0.389 e. The average molecular weight is 261 g/mol. The van der Waals surface area contributed by atoms with Gasteiger partial charge in [0.1, 0.15) is 0 Å². The molecule has 1 atom stereocenters. The highest BCUT2D eigenvalue weighted by molar-refractivity contribution is 5.54. The molecule has 1 fully saturated rings. The van der Waals surface area contributed by atoms with Crippen molar-refractivity contribution in [2.75, 3.05) is 11.9 Å². The second kappa shape index (κ2) is 6.42. The molecule has 2 nitrogen and oxygen atoms in total. The Labute approximate surface area is 117 Å². The lowest BCUT2D eigenvalue weighted by Crippen LogP contribution is -2.35. The minimum atomic E-state index is -0.398. The van der Waals surface area contributed by atoms with E-state index in [0.29, 0.717) is 6.04 Å². The first-order chi connectivity index (χ1) is 9.13. The maximum absolute atomic E-state index is 9.91. The predicted molar refractivity (Wildman–Crippen MR) is 81.5 cm³/mol. The second-order valence-electron chi connectivity index (χ2n) is 5.93. The summed E-state index contributed by atoms with van der Waals surface area (Å²) in [6, 6.07) is 8.87. The van der Waals surface area contributed by atoms with E-state index in [0.717, 1.165) is 11.5 Å². The van der Waals surface area contributed by atoms with E-state index >= 15 is 0 Å². The quantitative estimate of drug-likeness (QED) is 0.880. The van der Waals surface area contributed by atoms with Crippen molar-refractivity contribution >= 4 is 5.69 Å². The third-order valence-electron chi connectivity index (χ3n) is 4.71. The predicted octanol–water partition coefficient (Wildman–Crippen LogP) is 4.14. The Balaban J connectivity index is 2.10. The van der Waals surface area contributed by atoms with E-state index in [1.807, 2.05) is 19.1 Å². The molecule has 2 rings (SSSR count). The van der Waals surface area contributed by atoms with Crippen LogP contribution in [0.4, 0.5) is 5.69 Å². The van der Waals surface area contributed by atoms with Crippen LogP contribution in [0.15, 0.2) is 24.3 Å². The van der Waals surface area contributed by atoms with Crippen molar-refractivity contribution in [1.29, 1.82) is 0 Å². The fourth-order valence-electron chi connectivity index (χ4n) is 3.30. The first-order valence-corrected chi connectivity index (χ1v) is 7.63. The first-order valence-electron chi connectivity index (χ1n) is 7.63. The molecular formula is C17H27NO. The number of hydrogen-bond acceptors (Lipinski definition) is 2. The van der Waals surface area contributed by atoms with Gasteiger partial charge in [0, 0.05) is 24.3 Å². The van der Waals surface area contributed by atoms with Crippen molar-refractivity contribution in [2.45, 2.75) is 58.1 Å². The van der Waals surface area contributed by atoms with Gasteiger partial charge in [0.05, 0.1) is 6.10 Å². The summed E-state index contributed by atoms with van der Waals surface area (Å²) in [5.74, 6) is 0.927. The molecule has 0 amide bonds. The molecule has 1 aliphatic rings. The van der Waals surface area contributed by atoms with Gasteiger partial charge in [-0.05, 0) is 44.6 Å². The summed E-state index contributed by atoms with van der Waals surface area (Å²) in [6.45, 7) is 4.15. The van der Waals surface area contributed by atoms with Crippen LogP contribution in [0.5, 0.6) is 0 Å². The van der Waals surface area contributed by atoms with E-state index in [9.17, 15) is 5.11 Å². The van der Waals surface area contributed by atoms with Gasteiger partial charge in [-0.3, -0.25) is 0 Å². The molecule has 2 heteroatoms. The molecule has 0 heterocycles. The van der Waals surface area contributed by atoms with Crippen LogP contribution in [0.3, 0.4) is 0 Å². The zero-order valence-corrected chi connectivity index (χ0v) is 12.5. The zero-order chi connectivity index (χ0) is 13.8. The van der Waals surface area contributed by atoms with Gasteiger partial charge in [0.2, 0.25) is 0 Å². The number of hydrogen-bond donors (Lipinski definition) is 1. The lowest BCUT2D eigenvalue weighted by molar-refractivity contribution is 0.199.